The van der Waals surface area contributed by atoms with E-state index in [1.807, 2.05) is 30.3 Å². The molecular weight excluding hydrogens is 612 g/mol. The lowest BCUT2D eigenvalue weighted by Gasteiger charge is -2.41. The lowest BCUT2D eigenvalue weighted by molar-refractivity contribution is 0.0326. The van der Waals surface area contributed by atoms with Crippen LogP contribution in [0.5, 0.6) is 5.75 Å². The van der Waals surface area contributed by atoms with Crippen LogP contribution in [0.3, 0.4) is 0 Å². The molecule has 1 unspecified atom stereocenters. The Morgan fingerprint density at radius 3 is 2.49 bits per heavy atom. The zero-order valence-electron chi connectivity index (χ0n) is 28.4. The first-order valence-electron chi connectivity index (χ1n) is 18.2. The van der Waals surface area contributed by atoms with Crippen molar-refractivity contribution < 1.29 is 14.6 Å². The Labute approximate surface area is 288 Å². The second-order valence-corrected chi connectivity index (χ2v) is 14.2. The molecule has 1 spiro atoms. The number of nitrogens with zero attached hydrogens (tertiary/aromatic N) is 2. The molecule has 2 fully saturated rings. The van der Waals surface area contributed by atoms with Gasteiger partial charge in [-0.3, -0.25) is 14.6 Å². The van der Waals surface area contributed by atoms with Crippen LogP contribution in [-0.4, -0.2) is 44.9 Å². The molecule has 2 aromatic carbocycles. The van der Waals surface area contributed by atoms with E-state index in [0.29, 0.717) is 24.1 Å². The molecule has 8 nitrogen and oxygen atoms in total. The van der Waals surface area contributed by atoms with Crippen molar-refractivity contribution in [3.05, 3.63) is 118 Å². The number of aliphatic hydroxyl groups excluding tert-OH is 1. The van der Waals surface area contributed by atoms with Crippen molar-refractivity contribution in [3.8, 4) is 16.9 Å². The largest absolute Gasteiger partial charge is 0.487 e. The van der Waals surface area contributed by atoms with Gasteiger partial charge in [0.15, 0.2) is 0 Å². The molecule has 49 heavy (non-hydrogen) atoms. The van der Waals surface area contributed by atoms with Crippen molar-refractivity contribution in [2.24, 2.45) is 0 Å². The first-order valence-corrected chi connectivity index (χ1v) is 18.2. The summed E-state index contributed by atoms with van der Waals surface area (Å²) in [4.78, 5) is 32.0. The van der Waals surface area contributed by atoms with Crippen molar-refractivity contribution in [1.29, 1.82) is 0 Å². The normalized spacial score (nSPS) is 19.7. The number of hydrogen-bond donors (Lipinski definition) is 3. The minimum atomic E-state index is -0.871. The number of aryl methyl sites for hydroxylation is 1. The fraction of sp³-hybridized carbons (Fsp3) is 0.439. The Morgan fingerprint density at radius 1 is 1.00 bits per heavy atom. The first kappa shape index (κ1) is 33.2. The van der Waals surface area contributed by atoms with Crippen LogP contribution in [0.25, 0.3) is 11.1 Å². The van der Waals surface area contributed by atoms with Gasteiger partial charge in [-0.15, -0.1) is 0 Å². The molecule has 256 valence electrons. The van der Waals surface area contributed by atoms with Gasteiger partial charge in [0.2, 0.25) is 0 Å². The van der Waals surface area contributed by atoms with Gasteiger partial charge < -0.3 is 25.0 Å². The van der Waals surface area contributed by atoms with E-state index in [1.54, 1.807) is 41.4 Å². The topological polar surface area (TPSA) is 105 Å². The second-order valence-electron chi connectivity index (χ2n) is 14.2. The van der Waals surface area contributed by atoms with Gasteiger partial charge >= 0.3 is 0 Å². The number of nitrogens with one attached hydrogen (secondary N) is 2. The summed E-state index contributed by atoms with van der Waals surface area (Å²) in [5.41, 5.74) is 4.78. The molecule has 1 aliphatic heterocycles. The molecule has 0 saturated heterocycles. The van der Waals surface area contributed by atoms with E-state index in [9.17, 15) is 14.7 Å². The zero-order valence-corrected chi connectivity index (χ0v) is 28.4. The Hall–Kier alpha value is -4.27. The Balaban J connectivity index is 1.15. The fourth-order valence-corrected chi connectivity index (χ4v) is 8.17. The number of aliphatic hydroxyl groups is 1. The number of pyridine rings is 2. The lowest BCUT2D eigenvalue weighted by atomic mass is 9.85. The average molecular weight is 661 g/mol. The van der Waals surface area contributed by atoms with Gasteiger partial charge in [-0.25, -0.2) is 0 Å². The number of hydrogen-bond acceptors (Lipinski definition) is 6. The Morgan fingerprint density at radius 2 is 1.76 bits per heavy atom. The predicted octanol–water partition coefficient (Wildman–Crippen LogP) is 6.72. The van der Waals surface area contributed by atoms with Gasteiger partial charge in [-0.05, 0) is 92.3 Å². The van der Waals surface area contributed by atoms with Crippen LogP contribution < -0.4 is 20.9 Å². The third-order valence-corrected chi connectivity index (χ3v) is 10.9. The minimum absolute atomic E-state index is 0.0361. The highest BCUT2D eigenvalue weighted by Crippen LogP contribution is 2.47. The summed E-state index contributed by atoms with van der Waals surface area (Å²) >= 11 is 0. The highest BCUT2D eigenvalue weighted by molar-refractivity contribution is 5.95. The zero-order chi connectivity index (χ0) is 33.8. The van der Waals surface area contributed by atoms with Crippen molar-refractivity contribution in [3.63, 3.8) is 0 Å². The monoisotopic (exact) mass is 660 g/mol. The summed E-state index contributed by atoms with van der Waals surface area (Å²) in [6, 6.07) is 21.3. The summed E-state index contributed by atoms with van der Waals surface area (Å²) in [7, 11) is 0. The van der Waals surface area contributed by atoms with Crippen molar-refractivity contribution in [2.75, 3.05) is 6.54 Å². The van der Waals surface area contributed by atoms with E-state index in [0.717, 1.165) is 73.8 Å². The van der Waals surface area contributed by atoms with Gasteiger partial charge in [0.1, 0.15) is 11.4 Å². The standard InChI is InChI=1S/C41H48N4O4/c1-2-28-14-15-38-34(22-28)36(25-41(49-38)18-8-9-19-41)43-26-37(46)35(23-29-10-4-3-5-11-29)44-39(47)31-24-33(30-16-20-42-21-17-30)40(48)45(27-31)32-12-6-7-13-32/h3-5,10-11,14-17,20-22,24,27,32,35-37,43,46H,2,6-9,12-13,18-19,23,25-26H2,1H3,(H,44,47)/t35-,36?,37+/m0/s1. The van der Waals surface area contributed by atoms with E-state index in [2.05, 4.69) is 40.7 Å². The fourth-order valence-electron chi connectivity index (χ4n) is 8.17. The molecule has 7 rings (SSSR count). The van der Waals surface area contributed by atoms with Crippen LogP contribution in [0.1, 0.15) is 104 Å². The van der Waals surface area contributed by atoms with Gasteiger partial charge in [-0.1, -0.05) is 62.2 Å². The predicted molar refractivity (Wildman–Crippen MR) is 192 cm³/mol. The number of benzene rings is 2. The number of carbonyl (C=O) groups excluding carboxylic acids is 1. The summed E-state index contributed by atoms with van der Waals surface area (Å²) in [5, 5.41) is 18.7. The van der Waals surface area contributed by atoms with Crippen molar-refractivity contribution in [2.45, 2.75) is 107 Å². The van der Waals surface area contributed by atoms with Crippen LogP contribution in [-0.2, 0) is 12.8 Å². The lowest BCUT2D eigenvalue weighted by Crippen LogP contribution is -2.50. The number of rotatable bonds is 11. The number of ether oxygens (including phenoxy) is 1. The highest BCUT2D eigenvalue weighted by atomic mass is 16.5. The molecule has 2 aliphatic carbocycles. The summed E-state index contributed by atoms with van der Waals surface area (Å²) in [5.74, 6) is 0.629. The van der Waals surface area contributed by atoms with Crippen molar-refractivity contribution >= 4 is 5.91 Å². The quantitative estimate of drug-likeness (QED) is 0.165. The van der Waals surface area contributed by atoms with Gasteiger partial charge in [0.25, 0.3) is 11.5 Å². The van der Waals surface area contributed by atoms with Crippen LogP contribution in [0.2, 0.25) is 0 Å². The molecule has 3 N–H and O–H groups in total. The van der Waals surface area contributed by atoms with Crippen LogP contribution >= 0.6 is 0 Å². The molecule has 8 heteroatoms. The number of fused-ring (bicyclic) bond motifs is 1. The molecular formula is C41H48N4O4. The highest BCUT2D eigenvalue weighted by Gasteiger charge is 2.43. The first-order chi connectivity index (χ1) is 23.9. The smallest absolute Gasteiger partial charge is 0.258 e. The molecule has 0 bridgehead atoms. The molecule has 0 radical (unpaired) electrons. The molecule has 3 atom stereocenters. The summed E-state index contributed by atoms with van der Waals surface area (Å²) in [6.45, 7) is 2.46. The van der Waals surface area contributed by atoms with E-state index in [4.69, 9.17) is 4.74 Å². The molecule has 4 aromatic rings. The maximum atomic E-state index is 14.1. The van der Waals surface area contributed by atoms with Crippen LogP contribution in [0.15, 0.2) is 90.1 Å². The molecule has 2 aromatic heterocycles. The van der Waals surface area contributed by atoms with Gasteiger partial charge in [0, 0.05) is 54.8 Å². The van der Waals surface area contributed by atoms with E-state index < -0.39 is 12.1 Å². The number of amides is 1. The Bertz CT molecular complexity index is 1800. The third kappa shape index (κ3) is 7.36. The SMILES string of the molecule is CCc1ccc2c(c1)C(NC[C@@H](O)[C@H](Cc1ccccc1)NC(=O)c1cc(-c3ccncc3)c(=O)n(C3CCCC3)c1)CC1(CCCC1)O2. The van der Waals surface area contributed by atoms with E-state index in [-0.39, 0.29) is 29.2 Å². The van der Waals surface area contributed by atoms with E-state index in [1.165, 1.54) is 18.4 Å². The molecule has 3 heterocycles. The third-order valence-electron chi connectivity index (χ3n) is 10.9. The minimum Gasteiger partial charge on any atom is -0.487 e. The molecule has 3 aliphatic rings. The maximum absolute atomic E-state index is 14.1. The average Bonchev–Trinajstić information content (AvgIpc) is 3.84. The van der Waals surface area contributed by atoms with Crippen LogP contribution in [0, 0.1) is 0 Å². The second kappa shape index (κ2) is 14.7. The maximum Gasteiger partial charge on any atom is 0.258 e. The van der Waals surface area contributed by atoms with Gasteiger partial charge in [-0.2, -0.15) is 0 Å². The van der Waals surface area contributed by atoms with E-state index >= 15 is 0 Å². The van der Waals surface area contributed by atoms with Crippen LogP contribution in [0.4, 0.5) is 0 Å². The van der Waals surface area contributed by atoms with Gasteiger partial charge in [0.05, 0.1) is 17.7 Å². The summed E-state index contributed by atoms with van der Waals surface area (Å²) < 4.78 is 8.41. The number of carbonyl (C=O) groups is 1. The van der Waals surface area contributed by atoms with Crippen molar-refractivity contribution in [1.82, 2.24) is 20.2 Å². The summed E-state index contributed by atoms with van der Waals surface area (Å²) in [6.07, 6.45) is 14.8. The number of aromatic nitrogens is 2. The molecule has 1 amide bonds. The molecule has 2 saturated carbocycles. The Kier molecular flexibility index (Phi) is 9.96.